The SMILES string of the molecule is Cc1cc(=O)n(C)c2c(OCCCN3CCC(NC(=O)c4ccccc4)CC3)cccc12. The molecule has 32 heavy (non-hydrogen) atoms. The molecule has 1 N–H and O–H groups in total. The number of ether oxygens (including phenoxy) is 1. The Morgan fingerprint density at radius 3 is 2.59 bits per heavy atom. The van der Waals surface area contributed by atoms with Crippen molar-refractivity contribution in [3.8, 4) is 5.75 Å². The highest BCUT2D eigenvalue weighted by Crippen LogP contribution is 2.26. The van der Waals surface area contributed by atoms with Crippen molar-refractivity contribution in [3.05, 3.63) is 76.1 Å². The summed E-state index contributed by atoms with van der Waals surface area (Å²) in [5.41, 5.74) is 2.52. The van der Waals surface area contributed by atoms with Gasteiger partial charge in [0, 0.05) is 49.7 Å². The average molecular weight is 434 g/mol. The zero-order valence-electron chi connectivity index (χ0n) is 18.8. The van der Waals surface area contributed by atoms with Crippen LogP contribution in [0.4, 0.5) is 0 Å². The molecule has 6 nitrogen and oxygen atoms in total. The predicted molar refractivity (Wildman–Crippen MR) is 127 cm³/mol. The number of aryl methyl sites for hydroxylation is 2. The first-order valence-corrected chi connectivity index (χ1v) is 11.3. The minimum atomic E-state index is -0.0201. The summed E-state index contributed by atoms with van der Waals surface area (Å²) < 4.78 is 7.74. The predicted octanol–water partition coefficient (Wildman–Crippen LogP) is 3.51. The Bertz CT molecular complexity index is 1130. The molecular weight excluding hydrogens is 402 g/mol. The van der Waals surface area contributed by atoms with Crippen LogP contribution in [0.1, 0.15) is 35.2 Å². The molecular formula is C26H31N3O3. The molecule has 0 bridgehead atoms. The van der Waals surface area contributed by atoms with Crippen molar-refractivity contribution in [1.29, 1.82) is 0 Å². The van der Waals surface area contributed by atoms with Gasteiger partial charge in [0.2, 0.25) is 0 Å². The van der Waals surface area contributed by atoms with E-state index in [1.165, 1.54) is 0 Å². The van der Waals surface area contributed by atoms with Crippen LogP contribution in [0.15, 0.2) is 59.4 Å². The van der Waals surface area contributed by atoms with Gasteiger partial charge < -0.3 is 19.5 Å². The number of para-hydroxylation sites is 1. The molecule has 4 rings (SSSR count). The van der Waals surface area contributed by atoms with E-state index in [2.05, 4.69) is 10.2 Å². The van der Waals surface area contributed by atoms with Crippen LogP contribution in [0, 0.1) is 6.92 Å². The molecule has 1 aliphatic heterocycles. The molecule has 168 valence electrons. The van der Waals surface area contributed by atoms with Gasteiger partial charge in [-0.15, -0.1) is 0 Å². The summed E-state index contributed by atoms with van der Waals surface area (Å²) in [5.74, 6) is 0.769. The first-order chi connectivity index (χ1) is 15.5. The summed E-state index contributed by atoms with van der Waals surface area (Å²) in [7, 11) is 1.79. The maximum absolute atomic E-state index is 12.3. The Morgan fingerprint density at radius 1 is 1.09 bits per heavy atom. The molecule has 3 aromatic rings. The van der Waals surface area contributed by atoms with Crippen molar-refractivity contribution < 1.29 is 9.53 Å². The number of aromatic nitrogens is 1. The average Bonchev–Trinajstić information content (AvgIpc) is 2.82. The van der Waals surface area contributed by atoms with E-state index in [0.717, 1.165) is 61.1 Å². The number of rotatable bonds is 7. The second-order valence-corrected chi connectivity index (χ2v) is 8.53. The Morgan fingerprint density at radius 2 is 1.84 bits per heavy atom. The number of carbonyl (C=O) groups excluding carboxylic acids is 1. The highest BCUT2D eigenvalue weighted by Gasteiger charge is 2.21. The summed E-state index contributed by atoms with van der Waals surface area (Å²) in [6.07, 6.45) is 2.84. The molecule has 0 saturated carbocycles. The number of nitrogens with one attached hydrogen (secondary N) is 1. The van der Waals surface area contributed by atoms with E-state index in [9.17, 15) is 9.59 Å². The van der Waals surface area contributed by atoms with E-state index in [1.54, 1.807) is 17.7 Å². The van der Waals surface area contributed by atoms with E-state index in [0.29, 0.717) is 12.2 Å². The molecule has 1 fully saturated rings. The molecule has 0 aliphatic carbocycles. The number of hydrogen-bond acceptors (Lipinski definition) is 4. The van der Waals surface area contributed by atoms with E-state index >= 15 is 0 Å². The minimum Gasteiger partial charge on any atom is -0.491 e. The first-order valence-electron chi connectivity index (χ1n) is 11.3. The van der Waals surface area contributed by atoms with Gasteiger partial charge in [-0.25, -0.2) is 0 Å². The van der Waals surface area contributed by atoms with E-state index < -0.39 is 0 Å². The van der Waals surface area contributed by atoms with Crippen molar-refractivity contribution in [3.63, 3.8) is 0 Å². The van der Waals surface area contributed by atoms with E-state index in [1.807, 2.05) is 55.5 Å². The first kappa shape index (κ1) is 22.1. The van der Waals surface area contributed by atoms with E-state index in [-0.39, 0.29) is 17.5 Å². The Balaban J connectivity index is 1.24. The van der Waals surface area contributed by atoms with Crippen molar-refractivity contribution in [1.82, 2.24) is 14.8 Å². The van der Waals surface area contributed by atoms with Gasteiger partial charge in [-0.1, -0.05) is 30.3 Å². The zero-order valence-corrected chi connectivity index (χ0v) is 18.8. The van der Waals surface area contributed by atoms with Crippen LogP contribution in [0.5, 0.6) is 5.75 Å². The standard InChI is InChI=1S/C26H31N3O3/c1-19-18-24(30)28(2)25-22(19)10-6-11-23(25)32-17-7-14-29-15-12-21(13-16-29)27-26(31)20-8-4-3-5-9-20/h3-6,8-11,18,21H,7,12-17H2,1-2H3,(H,27,31). The molecule has 1 aliphatic rings. The van der Waals surface area contributed by atoms with Gasteiger partial charge in [-0.05, 0) is 49.9 Å². The Labute approximate surface area is 188 Å². The quantitative estimate of drug-likeness (QED) is 0.579. The number of piperidine rings is 1. The molecule has 0 radical (unpaired) electrons. The van der Waals surface area contributed by atoms with Gasteiger partial charge in [0.1, 0.15) is 5.75 Å². The van der Waals surface area contributed by atoms with Crippen LogP contribution in [0.3, 0.4) is 0 Å². The zero-order chi connectivity index (χ0) is 22.5. The molecule has 0 unspecified atom stereocenters. The maximum Gasteiger partial charge on any atom is 0.251 e. The van der Waals surface area contributed by atoms with Crippen molar-refractivity contribution in [2.75, 3.05) is 26.2 Å². The number of benzene rings is 2. The number of fused-ring (bicyclic) bond motifs is 1. The fourth-order valence-electron chi connectivity index (χ4n) is 4.40. The maximum atomic E-state index is 12.3. The van der Waals surface area contributed by atoms with Crippen LogP contribution in [0.25, 0.3) is 10.9 Å². The third-order valence-corrected chi connectivity index (χ3v) is 6.26. The molecule has 0 atom stereocenters. The smallest absolute Gasteiger partial charge is 0.251 e. The number of pyridine rings is 1. The molecule has 6 heteroatoms. The lowest BCUT2D eigenvalue weighted by molar-refractivity contribution is 0.0909. The van der Waals surface area contributed by atoms with Crippen molar-refractivity contribution >= 4 is 16.8 Å². The van der Waals surface area contributed by atoms with Crippen molar-refractivity contribution in [2.45, 2.75) is 32.2 Å². The van der Waals surface area contributed by atoms with Crippen LogP contribution < -0.4 is 15.6 Å². The van der Waals surface area contributed by atoms with Crippen LogP contribution >= 0.6 is 0 Å². The van der Waals surface area contributed by atoms with Gasteiger partial charge >= 0.3 is 0 Å². The van der Waals surface area contributed by atoms with Gasteiger partial charge in [0.25, 0.3) is 11.5 Å². The number of carbonyl (C=O) groups is 1. The summed E-state index contributed by atoms with van der Waals surface area (Å²) in [5, 5.41) is 4.20. The molecule has 1 saturated heterocycles. The Kier molecular flexibility index (Phi) is 6.90. The minimum absolute atomic E-state index is 0.0113. The third kappa shape index (κ3) is 5.02. The normalized spacial score (nSPS) is 15.1. The van der Waals surface area contributed by atoms with E-state index in [4.69, 9.17) is 4.74 Å². The lowest BCUT2D eigenvalue weighted by Gasteiger charge is -2.32. The molecule has 2 heterocycles. The highest BCUT2D eigenvalue weighted by atomic mass is 16.5. The monoisotopic (exact) mass is 433 g/mol. The summed E-state index contributed by atoms with van der Waals surface area (Å²) >= 11 is 0. The topological polar surface area (TPSA) is 63.6 Å². The van der Waals surface area contributed by atoms with Crippen LogP contribution in [-0.2, 0) is 7.05 Å². The second-order valence-electron chi connectivity index (χ2n) is 8.53. The highest BCUT2D eigenvalue weighted by molar-refractivity contribution is 5.94. The number of hydrogen-bond donors (Lipinski definition) is 1. The third-order valence-electron chi connectivity index (χ3n) is 6.26. The molecule has 0 spiro atoms. The summed E-state index contributed by atoms with van der Waals surface area (Å²) in [6, 6.07) is 17.2. The van der Waals surface area contributed by atoms with Gasteiger partial charge in [-0.3, -0.25) is 9.59 Å². The summed E-state index contributed by atoms with van der Waals surface area (Å²) in [4.78, 5) is 27.0. The molecule has 1 amide bonds. The van der Waals surface area contributed by atoms with Crippen molar-refractivity contribution in [2.24, 2.45) is 7.05 Å². The number of amides is 1. The lowest BCUT2D eigenvalue weighted by Crippen LogP contribution is -2.45. The van der Waals surface area contributed by atoms with Crippen LogP contribution in [-0.4, -0.2) is 47.7 Å². The van der Waals surface area contributed by atoms with Gasteiger partial charge in [-0.2, -0.15) is 0 Å². The Hall–Kier alpha value is -3.12. The lowest BCUT2D eigenvalue weighted by atomic mass is 10.0. The summed E-state index contributed by atoms with van der Waals surface area (Å²) in [6.45, 7) is 5.47. The molecule has 1 aromatic heterocycles. The fourth-order valence-corrected chi connectivity index (χ4v) is 4.40. The van der Waals surface area contributed by atoms with Gasteiger partial charge in [0.15, 0.2) is 0 Å². The number of nitrogens with zero attached hydrogens (tertiary/aromatic N) is 2. The fraction of sp³-hybridized carbons (Fsp3) is 0.385. The van der Waals surface area contributed by atoms with Gasteiger partial charge in [0.05, 0.1) is 12.1 Å². The number of likely N-dealkylation sites (tertiary alicyclic amines) is 1. The largest absolute Gasteiger partial charge is 0.491 e. The van der Waals surface area contributed by atoms with Crippen LogP contribution in [0.2, 0.25) is 0 Å². The second kappa shape index (κ2) is 10.0. The molecule has 2 aromatic carbocycles.